The average molecular weight is 517 g/mol. The number of aliphatic imine (C=N–C) groups is 1. The lowest BCUT2D eigenvalue weighted by Crippen LogP contribution is -2.33. The van der Waals surface area contributed by atoms with Gasteiger partial charge in [-0.3, -0.25) is 14.9 Å². The SMILES string of the molecule is Cc1ccc(NC(=O)c2c(N=Cc3cc([N+](=O)[O-])ccc3N3CCC(C)CC3)sc3c2CCCC3)cc1. The van der Waals surface area contributed by atoms with Crippen LogP contribution in [0.3, 0.4) is 0 Å². The van der Waals surface area contributed by atoms with E-state index in [9.17, 15) is 14.9 Å². The first-order valence-electron chi connectivity index (χ1n) is 13.0. The average Bonchev–Trinajstić information content (AvgIpc) is 3.27. The molecule has 7 nitrogen and oxygen atoms in total. The number of carbonyl (C=O) groups is 1. The highest BCUT2D eigenvalue weighted by Gasteiger charge is 2.26. The molecule has 37 heavy (non-hydrogen) atoms. The van der Waals surface area contributed by atoms with Gasteiger partial charge in [0, 0.05) is 53.3 Å². The molecule has 0 unspecified atom stereocenters. The number of nitro benzene ring substituents is 1. The summed E-state index contributed by atoms with van der Waals surface area (Å²) in [5.41, 5.74) is 5.31. The van der Waals surface area contributed by atoms with Gasteiger partial charge in [0.2, 0.25) is 0 Å². The second-order valence-corrected chi connectivity index (χ2v) is 11.2. The first kappa shape index (κ1) is 25.1. The van der Waals surface area contributed by atoms with Crippen LogP contribution in [0, 0.1) is 23.0 Å². The predicted octanol–water partition coefficient (Wildman–Crippen LogP) is 7.08. The number of hydrogen-bond acceptors (Lipinski definition) is 6. The largest absolute Gasteiger partial charge is 0.371 e. The molecule has 8 heteroatoms. The van der Waals surface area contributed by atoms with E-state index in [0.717, 1.165) is 74.1 Å². The highest BCUT2D eigenvalue weighted by atomic mass is 32.1. The quantitative estimate of drug-likeness (QED) is 0.215. The number of anilines is 2. The van der Waals surface area contributed by atoms with Gasteiger partial charge in [-0.05, 0) is 75.1 Å². The molecule has 192 valence electrons. The zero-order chi connectivity index (χ0) is 25.9. The normalized spacial score (nSPS) is 16.1. The third kappa shape index (κ3) is 5.59. The Morgan fingerprint density at radius 1 is 1.14 bits per heavy atom. The van der Waals surface area contributed by atoms with E-state index >= 15 is 0 Å². The molecular weight excluding hydrogens is 484 g/mol. The molecule has 1 fully saturated rings. The Morgan fingerprint density at radius 3 is 2.59 bits per heavy atom. The number of fused-ring (bicyclic) bond motifs is 1. The fraction of sp³-hybridized carbons (Fsp3) is 0.379. The monoisotopic (exact) mass is 516 g/mol. The summed E-state index contributed by atoms with van der Waals surface area (Å²) < 4.78 is 0. The first-order chi connectivity index (χ1) is 17.9. The minimum Gasteiger partial charge on any atom is -0.371 e. The molecule has 3 aromatic rings. The molecule has 1 N–H and O–H groups in total. The molecule has 0 radical (unpaired) electrons. The van der Waals surface area contributed by atoms with Crippen molar-refractivity contribution in [1.82, 2.24) is 0 Å². The first-order valence-corrected chi connectivity index (χ1v) is 13.8. The van der Waals surface area contributed by atoms with E-state index in [1.54, 1.807) is 29.7 Å². The highest BCUT2D eigenvalue weighted by molar-refractivity contribution is 7.16. The van der Waals surface area contributed by atoms with E-state index in [0.29, 0.717) is 22.0 Å². The van der Waals surface area contributed by atoms with Crippen LogP contribution in [0.4, 0.5) is 22.1 Å². The third-order valence-corrected chi connectivity index (χ3v) is 8.56. The Balaban J connectivity index is 1.50. The van der Waals surface area contributed by atoms with E-state index in [1.807, 2.05) is 37.3 Å². The van der Waals surface area contributed by atoms with Gasteiger partial charge in [0.1, 0.15) is 5.00 Å². The number of nitrogens with zero attached hydrogens (tertiary/aromatic N) is 3. The Hall–Kier alpha value is -3.52. The lowest BCUT2D eigenvalue weighted by molar-refractivity contribution is -0.384. The number of nitrogens with one attached hydrogen (secondary N) is 1. The summed E-state index contributed by atoms with van der Waals surface area (Å²) in [7, 11) is 0. The zero-order valence-electron chi connectivity index (χ0n) is 21.3. The number of hydrogen-bond donors (Lipinski definition) is 1. The van der Waals surface area contributed by atoms with Gasteiger partial charge >= 0.3 is 0 Å². The molecule has 1 aliphatic heterocycles. The summed E-state index contributed by atoms with van der Waals surface area (Å²) in [5.74, 6) is 0.526. The summed E-state index contributed by atoms with van der Waals surface area (Å²) in [6.45, 7) is 6.10. The molecule has 1 saturated heterocycles. The Bertz CT molecular complexity index is 1340. The van der Waals surface area contributed by atoms with Crippen molar-refractivity contribution in [1.29, 1.82) is 0 Å². The number of benzene rings is 2. The smallest absolute Gasteiger partial charge is 0.270 e. The van der Waals surface area contributed by atoms with Crippen LogP contribution in [0.15, 0.2) is 47.5 Å². The van der Waals surface area contributed by atoms with E-state index in [4.69, 9.17) is 4.99 Å². The van der Waals surface area contributed by atoms with Crippen molar-refractivity contribution in [3.05, 3.63) is 79.7 Å². The number of nitro groups is 1. The van der Waals surface area contributed by atoms with Gasteiger partial charge in [0.25, 0.3) is 11.6 Å². The molecule has 5 rings (SSSR count). The van der Waals surface area contributed by atoms with Crippen LogP contribution in [-0.4, -0.2) is 30.1 Å². The standard InChI is InChI=1S/C29H32N4O3S/c1-19-7-9-22(10-8-19)31-28(34)27-24-5-3-4-6-26(24)37-29(27)30-18-21-17-23(33(35)36)11-12-25(21)32-15-13-20(2)14-16-32/h7-12,17-18,20H,3-6,13-16H2,1-2H3,(H,31,34). The number of rotatable bonds is 6. The van der Waals surface area contributed by atoms with Gasteiger partial charge in [-0.25, -0.2) is 4.99 Å². The van der Waals surface area contributed by atoms with Gasteiger partial charge < -0.3 is 10.2 Å². The number of aryl methyl sites for hydroxylation is 2. The maximum absolute atomic E-state index is 13.5. The van der Waals surface area contributed by atoms with Crippen LogP contribution in [0.2, 0.25) is 0 Å². The van der Waals surface area contributed by atoms with Gasteiger partial charge in [0.15, 0.2) is 0 Å². The number of piperidine rings is 1. The number of carbonyl (C=O) groups excluding carboxylic acids is 1. The molecule has 1 aliphatic carbocycles. The number of thiophene rings is 1. The predicted molar refractivity (Wildman–Crippen MR) is 151 cm³/mol. The van der Waals surface area contributed by atoms with Gasteiger partial charge in [-0.1, -0.05) is 24.6 Å². The van der Waals surface area contributed by atoms with Crippen LogP contribution in [0.5, 0.6) is 0 Å². The van der Waals surface area contributed by atoms with E-state index in [-0.39, 0.29) is 16.5 Å². The number of non-ortho nitro benzene ring substituents is 1. The number of amides is 1. The second kappa shape index (κ2) is 10.8. The van der Waals surface area contributed by atoms with E-state index in [1.165, 1.54) is 4.88 Å². The molecule has 0 atom stereocenters. The Kier molecular flexibility index (Phi) is 7.37. The van der Waals surface area contributed by atoms with Crippen LogP contribution in [-0.2, 0) is 12.8 Å². The Morgan fingerprint density at radius 2 is 1.86 bits per heavy atom. The maximum atomic E-state index is 13.5. The van der Waals surface area contributed by atoms with Gasteiger partial charge in [-0.15, -0.1) is 11.3 Å². The van der Waals surface area contributed by atoms with Crippen molar-refractivity contribution in [2.24, 2.45) is 10.9 Å². The van der Waals surface area contributed by atoms with Crippen LogP contribution < -0.4 is 10.2 Å². The summed E-state index contributed by atoms with van der Waals surface area (Å²) in [6, 6.07) is 12.8. The molecule has 0 spiro atoms. The van der Waals surface area contributed by atoms with Crippen molar-refractivity contribution in [3.8, 4) is 0 Å². The molecule has 2 aromatic carbocycles. The fourth-order valence-electron chi connectivity index (χ4n) is 5.13. The third-order valence-electron chi connectivity index (χ3n) is 7.36. The second-order valence-electron chi connectivity index (χ2n) is 10.1. The van der Waals surface area contributed by atoms with Crippen molar-refractivity contribution < 1.29 is 9.72 Å². The topological polar surface area (TPSA) is 87.8 Å². The molecule has 2 heterocycles. The minimum absolute atomic E-state index is 0.0402. The molecule has 1 aromatic heterocycles. The summed E-state index contributed by atoms with van der Waals surface area (Å²) in [5, 5.41) is 15.2. The van der Waals surface area contributed by atoms with Crippen molar-refractivity contribution in [3.63, 3.8) is 0 Å². The summed E-state index contributed by atoms with van der Waals surface area (Å²) >= 11 is 1.57. The molecule has 0 bridgehead atoms. The van der Waals surface area contributed by atoms with Crippen LogP contribution in [0.25, 0.3) is 0 Å². The van der Waals surface area contributed by atoms with Crippen molar-refractivity contribution >= 4 is 45.5 Å². The lowest BCUT2D eigenvalue weighted by atomic mass is 9.95. The molecular formula is C29H32N4O3S. The minimum atomic E-state index is -0.371. The summed E-state index contributed by atoms with van der Waals surface area (Å²) in [6.07, 6.45) is 7.88. The molecule has 0 saturated carbocycles. The summed E-state index contributed by atoms with van der Waals surface area (Å²) in [4.78, 5) is 32.9. The van der Waals surface area contributed by atoms with Crippen molar-refractivity contribution in [2.75, 3.05) is 23.3 Å². The molecule has 2 aliphatic rings. The highest BCUT2D eigenvalue weighted by Crippen LogP contribution is 2.40. The van der Waals surface area contributed by atoms with E-state index in [2.05, 4.69) is 17.1 Å². The molecule has 1 amide bonds. The Labute approximate surface area is 221 Å². The van der Waals surface area contributed by atoms with Gasteiger partial charge in [-0.2, -0.15) is 0 Å². The van der Waals surface area contributed by atoms with Gasteiger partial charge in [0.05, 0.1) is 10.5 Å². The fourth-order valence-corrected chi connectivity index (χ4v) is 6.36. The van der Waals surface area contributed by atoms with Crippen molar-refractivity contribution in [2.45, 2.75) is 52.4 Å². The maximum Gasteiger partial charge on any atom is 0.270 e. The van der Waals surface area contributed by atoms with Crippen LogP contribution in [0.1, 0.15) is 64.5 Å². The lowest BCUT2D eigenvalue weighted by Gasteiger charge is -2.33. The van der Waals surface area contributed by atoms with E-state index < -0.39 is 0 Å². The van der Waals surface area contributed by atoms with Crippen LogP contribution >= 0.6 is 11.3 Å². The zero-order valence-corrected chi connectivity index (χ0v) is 22.1.